The van der Waals surface area contributed by atoms with Crippen molar-refractivity contribution in [2.24, 2.45) is 0 Å². The van der Waals surface area contributed by atoms with Crippen LogP contribution in [0.25, 0.3) is 5.65 Å². The third kappa shape index (κ3) is 2.13. The van der Waals surface area contributed by atoms with Gasteiger partial charge < -0.3 is 10.1 Å². The van der Waals surface area contributed by atoms with Gasteiger partial charge in [-0.25, -0.2) is 13.8 Å². The molecule has 1 unspecified atom stereocenters. The fourth-order valence-corrected chi connectivity index (χ4v) is 3.52. The molecule has 2 heterocycles. The van der Waals surface area contributed by atoms with Gasteiger partial charge in [0.15, 0.2) is 17.3 Å². The first kappa shape index (κ1) is 14.6. The smallest absolute Gasteiger partial charge is 0.160 e. The summed E-state index contributed by atoms with van der Waals surface area (Å²) in [5, 5.41) is 9.22. The third-order valence-corrected chi connectivity index (χ3v) is 4.69. The number of nitrogen functional groups attached to an aromatic ring is 1. The number of aromatic nitrogens is 2. The summed E-state index contributed by atoms with van der Waals surface area (Å²) in [5.41, 5.74) is 9.90. The van der Waals surface area contributed by atoms with Gasteiger partial charge in [-0.2, -0.15) is 5.26 Å². The molecule has 6 heteroatoms. The number of aryl methyl sites for hydroxylation is 1. The summed E-state index contributed by atoms with van der Waals surface area (Å²) >= 11 is 0. The molecule has 1 aliphatic carbocycles. The molecule has 0 amide bonds. The molecule has 0 bridgehead atoms. The second kappa shape index (κ2) is 5.31. The molecule has 1 aromatic carbocycles. The number of nitriles is 1. The highest BCUT2D eigenvalue weighted by Gasteiger charge is 2.27. The number of hydrogen-bond donors (Lipinski definition) is 1. The quantitative estimate of drug-likeness (QED) is 0.698. The van der Waals surface area contributed by atoms with Crippen molar-refractivity contribution < 1.29 is 8.78 Å². The van der Waals surface area contributed by atoms with Crippen molar-refractivity contribution in [2.45, 2.75) is 25.2 Å². The molecule has 0 aliphatic heterocycles. The van der Waals surface area contributed by atoms with Crippen molar-refractivity contribution in [2.75, 3.05) is 5.73 Å². The zero-order valence-corrected chi connectivity index (χ0v) is 12.8. The predicted octanol–water partition coefficient (Wildman–Crippen LogP) is 3.34. The van der Waals surface area contributed by atoms with E-state index >= 15 is 0 Å². The van der Waals surface area contributed by atoms with E-state index in [0.717, 1.165) is 30.3 Å². The molecule has 2 N–H and O–H groups in total. The molecule has 24 heavy (non-hydrogen) atoms. The summed E-state index contributed by atoms with van der Waals surface area (Å²) in [6, 6.07) is 7.94. The molecule has 3 aromatic rings. The van der Waals surface area contributed by atoms with E-state index in [2.05, 4.69) is 11.1 Å². The molecule has 0 radical (unpaired) electrons. The number of benzene rings is 1. The van der Waals surface area contributed by atoms with Gasteiger partial charge in [-0.05, 0) is 48.9 Å². The lowest BCUT2D eigenvalue weighted by molar-refractivity contribution is 0.501. The van der Waals surface area contributed by atoms with Gasteiger partial charge in [0.05, 0.1) is 11.3 Å². The Morgan fingerprint density at radius 3 is 2.88 bits per heavy atom. The van der Waals surface area contributed by atoms with E-state index in [9.17, 15) is 14.0 Å². The van der Waals surface area contributed by atoms with E-state index in [0.29, 0.717) is 23.2 Å². The topological polar surface area (TPSA) is 67.1 Å². The lowest BCUT2D eigenvalue weighted by atomic mass is 9.83. The fourth-order valence-electron chi connectivity index (χ4n) is 3.52. The molecule has 0 saturated heterocycles. The molecule has 1 atom stereocenters. The van der Waals surface area contributed by atoms with Crippen molar-refractivity contribution in [1.29, 1.82) is 5.26 Å². The Labute approximate surface area is 137 Å². The van der Waals surface area contributed by atoms with Crippen molar-refractivity contribution in [3.8, 4) is 6.07 Å². The summed E-state index contributed by atoms with van der Waals surface area (Å²) in [5.74, 6) is -1.83. The van der Waals surface area contributed by atoms with Gasteiger partial charge in [0, 0.05) is 23.6 Å². The summed E-state index contributed by atoms with van der Waals surface area (Å²) < 4.78 is 28.8. The minimum Gasteiger partial charge on any atom is -0.398 e. The number of hydrogen-bond acceptors (Lipinski definition) is 3. The van der Waals surface area contributed by atoms with E-state index in [1.807, 2.05) is 16.7 Å². The maximum atomic E-state index is 13.6. The van der Waals surface area contributed by atoms with Gasteiger partial charge in [-0.3, -0.25) is 0 Å². The Hall–Kier alpha value is -2.94. The van der Waals surface area contributed by atoms with Crippen LogP contribution < -0.4 is 5.73 Å². The molecule has 2 aromatic heterocycles. The molecule has 120 valence electrons. The van der Waals surface area contributed by atoms with Crippen molar-refractivity contribution in [3.05, 3.63) is 64.6 Å². The minimum atomic E-state index is -0.931. The average molecular weight is 324 g/mol. The number of anilines is 1. The van der Waals surface area contributed by atoms with Crippen LogP contribution in [0.5, 0.6) is 0 Å². The van der Waals surface area contributed by atoms with Gasteiger partial charge >= 0.3 is 0 Å². The Morgan fingerprint density at radius 2 is 2.08 bits per heavy atom. The van der Waals surface area contributed by atoms with E-state index in [4.69, 9.17) is 5.73 Å². The first-order chi connectivity index (χ1) is 11.6. The third-order valence-electron chi connectivity index (χ3n) is 4.69. The number of nitrogens with two attached hydrogens (primary N) is 1. The van der Waals surface area contributed by atoms with Crippen LogP contribution in [0, 0.1) is 23.0 Å². The second-order valence-electron chi connectivity index (χ2n) is 6.07. The zero-order valence-electron chi connectivity index (χ0n) is 12.8. The van der Waals surface area contributed by atoms with E-state index in [-0.39, 0.29) is 11.6 Å². The highest BCUT2D eigenvalue weighted by Crippen LogP contribution is 2.36. The first-order valence-corrected chi connectivity index (χ1v) is 7.72. The number of nitrogens with zero attached hydrogens (tertiary/aromatic N) is 3. The molecule has 0 fully saturated rings. The molecule has 0 spiro atoms. The summed E-state index contributed by atoms with van der Waals surface area (Å²) in [4.78, 5) is 4.60. The molecular formula is C18H14F2N4. The number of pyridine rings is 1. The van der Waals surface area contributed by atoms with Gasteiger partial charge in [0.2, 0.25) is 0 Å². The van der Waals surface area contributed by atoms with Crippen LogP contribution in [0.1, 0.15) is 34.9 Å². The lowest BCUT2D eigenvalue weighted by Crippen LogP contribution is -2.15. The standard InChI is InChI=1S/C18H14F2N4/c19-13-7-12(15(22)8-14(13)20)10-3-4-17-16(6-10)23-18-11(9-21)2-1-5-24(17)18/h1-2,5,7-8,10H,3-4,6,22H2. The minimum absolute atomic E-state index is 0.0111. The second-order valence-corrected chi connectivity index (χ2v) is 6.07. The van der Waals surface area contributed by atoms with Gasteiger partial charge in [-0.15, -0.1) is 0 Å². The molecular weight excluding hydrogens is 310 g/mol. The number of rotatable bonds is 1. The van der Waals surface area contributed by atoms with Crippen molar-refractivity contribution in [1.82, 2.24) is 9.38 Å². The SMILES string of the molecule is N#Cc1cccn2c3c(nc12)CC(c1cc(F)c(F)cc1N)CC3. The Kier molecular flexibility index (Phi) is 3.24. The van der Waals surface area contributed by atoms with Crippen molar-refractivity contribution >= 4 is 11.3 Å². The predicted molar refractivity (Wildman–Crippen MR) is 85.4 cm³/mol. The molecule has 4 nitrogen and oxygen atoms in total. The fraction of sp³-hybridized carbons (Fsp3) is 0.222. The average Bonchev–Trinajstić information content (AvgIpc) is 2.95. The maximum absolute atomic E-state index is 13.6. The summed E-state index contributed by atoms with van der Waals surface area (Å²) in [6.07, 6.45) is 4.01. The Bertz CT molecular complexity index is 1000. The largest absolute Gasteiger partial charge is 0.398 e. The van der Waals surface area contributed by atoms with Gasteiger partial charge in [-0.1, -0.05) is 0 Å². The Morgan fingerprint density at radius 1 is 1.29 bits per heavy atom. The van der Waals surface area contributed by atoms with Crippen LogP contribution in [0.3, 0.4) is 0 Å². The van der Waals surface area contributed by atoms with Crippen LogP contribution in [0.15, 0.2) is 30.5 Å². The van der Waals surface area contributed by atoms with Crippen LogP contribution in [0.4, 0.5) is 14.5 Å². The van der Waals surface area contributed by atoms with E-state index < -0.39 is 11.6 Å². The number of imidazole rings is 1. The number of fused-ring (bicyclic) bond motifs is 3. The molecule has 0 saturated carbocycles. The zero-order chi connectivity index (χ0) is 16.8. The van der Waals surface area contributed by atoms with Crippen LogP contribution in [0.2, 0.25) is 0 Å². The first-order valence-electron chi connectivity index (χ1n) is 7.72. The molecule has 4 rings (SSSR count). The lowest BCUT2D eigenvalue weighted by Gasteiger charge is -2.23. The van der Waals surface area contributed by atoms with E-state index in [1.54, 1.807) is 6.07 Å². The Balaban J connectivity index is 1.77. The maximum Gasteiger partial charge on any atom is 0.160 e. The molecule has 1 aliphatic rings. The summed E-state index contributed by atoms with van der Waals surface area (Å²) in [7, 11) is 0. The summed E-state index contributed by atoms with van der Waals surface area (Å²) in [6.45, 7) is 0. The highest BCUT2D eigenvalue weighted by atomic mass is 19.2. The highest BCUT2D eigenvalue weighted by molar-refractivity contribution is 5.58. The van der Waals surface area contributed by atoms with Gasteiger partial charge in [0.1, 0.15) is 6.07 Å². The van der Waals surface area contributed by atoms with Crippen molar-refractivity contribution in [3.63, 3.8) is 0 Å². The van der Waals surface area contributed by atoms with Crippen LogP contribution in [-0.2, 0) is 12.8 Å². The van der Waals surface area contributed by atoms with Crippen LogP contribution >= 0.6 is 0 Å². The van der Waals surface area contributed by atoms with Gasteiger partial charge in [0.25, 0.3) is 0 Å². The van der Waals surface area contributed by atoms with Crippen LogP contribution in [-0.4, -0.2) is 9.38 Å². The van der Waals surface area contributed by atoms with E-state index in [1.165, 1.54) is 6.07 Å². The normalized spacial score (nSPS) is 16.8. The monoisotopic (exact) mass is 324 g/mol. The number of halogens is 2.